The monoisotopic (exact) mass is 273 g/mol. The smallest absolute Gasteiger partial charge is 0.0622 e. The van der Waals surface area contributed by atoms with E-state index < -0.39 is 6.46 Å². The molecule has 1 saturated heterocycles. The molecule has 0 aromatic heterocycles. The molecule has 3 rings (SSSR count). The maximum atomic E-state index is 2.34. The largest absolute Gasteiger partial charge is 0.111 e. The van der Waals surface area contributed by atoms with E-state index in [4.69, 9.17) is 0 Å². The first-order valence-corrected chi connectivity index (χ1v) is 10.1. The number of rotatable bonds is 3. The van der Waals surface area contributed by atoms with Crippen LogP contribution in [-0.2, 0) is 0 Å². The summed E-state index contributed by atoms with van der Waals surface area (Å²) in [7, 11) is 0. The molecule has 0 radical (unpaired) electrons. The van der Waals surface area contributed by atoms with E-state index in [0.29, 0.717) is 0 Å². The molecule has 0 amide bonds. The lowest BCUT2D eigenvalue weighted by Crippen LogP contribution is -2.09. The zero-order chi connectivity index (χ0) is 12.3. The lowest BCUT2D eigenvalue weighted by Gasteiger charge is -2.20. The van der Waals surface area contributed by atoms with Crippen LogP contribution in [0.4, 0.5) is 0 Å². The average molecular weight is 273 g/mol. The van der Waals surface area contributed by atoms with Gasteiger partial charge in [0, 0.05) is 4.90 Å². The fourth-order valence-electron chi connectivity index (χ4n) is 2.63. The summed E-state index contributed by atoms with van der Waals surface area (Å²) in [6, 6.07) is 22.1. The Kier molecular flexibility index (Phi) is 3.72. The Morgan fingerprint density at radius 3 is 1.89 bits per heavy atom. The van der Waals surface area contributed by atoms with Crippen molar-refractivity contribution in [2.45, 2.75) is 17.7 Å². The number of benzene rings is 2. The van der Waals surface area contributed by atoms with Crippen LogP contribution in [0.25, 0.3) is 0 Å². The summed E-state index contributed by atoms with van der Waals surface area (Å²) in [5.41, 5.74) is 0. The molecule has 0 bridgehead atoms. The van der Waals surface area contributed by atoms with E-state index in [1.807, 2.05) is 0 Å². The van der Waals surface area contributed by atoms with Crippen molar-refractivity contribution < 1.29 is 0 Å². The summed E-state index contributed by atoms with van der Waals surface area (Å²) < 4.78 is 0. The molecular formula is C16H18PS+. The standard InChI is InChI=1S/C16H18PS/c1-3-9-15(10-4-1)17(13-7-8-14-17)18-16-11-5-2-6-12-16/h1-6,9-12H,7-8,13-14H2/q+1. The van der Waals surface area contributed by atoms with Gasteiger partial charge in [0.2, 0.25) is 0 Å². The summed E-state index contributed by atoms with van der Waals surface area (Å²) >= 11 is 2.16. The van der Waals surface area contributed by atoms with E-state index >= 15 is 0 Å². The zero-order valence-corrected chi connectivity index (χ0v) is 12.2. The summed E-state index contributed by atoms with van der Waals surface area (Å²) in [6.45, 7) is -1.00. The predicted octanol–water partition coefficient (Wildman–Crippen LogP) is 4.83. The molecule has 1 heterocycles. The van der Waals surface area contributed by atoms with Gasteiger partial charge < -0.3 is 0 Å². The van der Waals surface area contributed by atoms with E-state index in [2.05, 4.69) is 72.0 Å². The molecule has 2 heteroatoms. The molecule has 18 heavy (non-hydrogen) atoms. The first-order valence-electron chi connectivity index (χ1n) is 6.56. The van der Waals surface area contributed by atoms with Crippen molar-refractivity contribution in [1.29, 1.82) is 0 Å². The first kappa shape index (κ1) is 12.3. The summed E-state index contributed by atoms with van der Waals surface area (Å²) in [5, 5.41) is 1.61. The first-order chi connectivity index (χ1) is 8.89. The fourth-order valence-corrected chi connectivity index (χ4v) is 10.1. The van der Waals surface area contributed by atoms with Gasteiger partial charge >= 0.3 is 0 Å². The summed E-state index contributed by atoms with van der Waals surface area (Å²) in [6.07, 6.45) is 5.64. The SMILES string of the molecule is c1ccc(S[P+]2(c3ccccc3)CCCC2)cc1. The minimum atomic E-state index is -1.00. The Hall–Kier alpha value is -0.780. The normalized spacial score (nSPS) is 17.8. The Bertz CT molecular complexity index is 489. The van der Waals surface area contributed by atoms with Crippen molar-refractivity contribution >= 4 is 23.2 Å². The van der Waals surface area contributed by atoms with Crippen molar-refractivity contribution in [1.82, 2.24) is 0 Å². The van der Waals surface area contributed by atoms with E-state index in [1.165, 1.54) is 30.1 Å². The van der Waals surface area contributed by atoms with Gasteiger partial charge in [-0.05, 0) is 37.1 Å². The van der Waals surface area contributed by atoms with E-state index in [9.17, 15) is 0 Å². The van der Waals surface area contributed by atoms with Crippen LogP contribution >= 0.6 is 17.8 Å². The Morgan fingerprint density at radius 1 is 0.722 bits per heavy atom. The quantitative estimate of drug-likeness (QED) is 0.722. The van der Waals surface area contributed by atoms with Crippen LogP contribution in [0.15, 0.2) is 65.6 Å². The van der Waals surface area contributed by atoms with Gasteiger partial charge in [-0.3, -0.25) is 0 Å². The van der Waals surface area contributed by atoms with E-state index in [0.717, 1.165) is 0 Å². The van der Waals surface area contributed by atoms with Crippen LogP contribution in [0.5, 0.6) is 0 Å². The second kappa shape index (κ2) is 5.47. The maximum absolute atomic E-state index is 2.34. The topological polar surface area (TPSA) is 0 Å². The van der Waals surface area contributed by atoms with Crippen LogP contribution in [-0.4, -0.2) is 12.3 Å². The van der Waals surface area contributed by atoms with Gasteiger partial charge in [-0.25, -0.2) is 0 Å². The van der Waals surface area contributed by atoms with Crippen LogP contribution in [0.3, 0.4) is 0 Å². The van der Waals surface area contributed by atoms with Crippen molar-refractivity contribution in [3.63, 3.8) is 0 Å². The number of hydrogen-bond donors (Lipinski definition) is 0. The lowest BCUT2D eigenvalue weighted by atomic mass is 10.4. The third kappa shape index (κ3) is 2.48. The molecule has 0 atom stereocenters. The third-order valence-electron chi connectivity index (χ3n) is 3.54. The number of hydrogen-bond acceptors (Lipinski definition) is 1. The second-order valence-corrected chi connectivity index (χ2v) is 11.3. The summed E-state index contributed by atoms with van der Waals surface area (Å²) in [5.74, 6) is 0. The zero-order valence-electron chi connectivity index (χ0n) is 10.5. The molecule has 0 saturated carbocycles. The molecule has 92 valence electrons. The van der Waals surface area contributed by atoms with Gasteiger partial charge in [0.05, 0.1) is 23.7 Å². The molecule has 0 nitrogen and oxygen atoms in total. The van der Waals surface area contributed by atoms with Gasteiger partial charge in [0.1, 0.15) is 11.8 Å². The fraction of sp³-hybridized carbons (Fsp3) is 0.250. The van der Waals surface area contributed by atoms with E-state index in [-0.39, 0.29) is 0 Å². The van der Waals surface area contributed by atoms with Gasteiger partial charge in [-0.1, -0.05) is 36.4 Å². The van der Waals surface area contributed by atoms with Crippen LogP contribution in [0, 0.1) is 0 Å². The molecule has 0 unspecified atom stereocenters. The van der Waals surface area contributed by atoms with Crippen LogP contribution < -0.4 is 5.30 Å². The van der Waals surface area contributed by atoms with Crippen LogP contribution in [0.1, 0.15) is 12.8 Å². The highest BCUT2D eigenvalue weighted by Gasteiger charge is 2.45. The van der Waals surface area contributed by atoms with Gasteiger partial charge in [-0.2, -0.15) is 0 Å². The van der Waals surface area contributed by atoms with E-state index in [1.54, 1.807) is 5.30 Å². The Balaban J connectivity index is 1.93. The molecular weight excluding hydrogens is 255 g/mol. The Morgan fingerprint density at radius 2 is 1.28 bits per heavy atom. The molecule has 2 aromatic carbocycles. The van der Waals surface area contributed by atoms with Crippen molar-refractivity contribution in [2.75, 3.05) is 12.3 Å². The van der Waals surface area contributed by atoms with Gasteiger partial charge in [0.25, 0.3) is 0 Å². The second-order valence-electron chi connectivity index (χ2n) is 4.78. The molecule has 1 aliphatic rings. The molecule has 1 fully saturated rings. The maximum Gasteiger partial charge on any atom is 0.111 e. The highest BCUT2D eigenvalue weighted by Crippen LogP contribution is 2.74. The predicted molar refractivity (Wildman–Crippen MR) is 84.3 cm³/mol. The lowest BCUT2D eigenvalue weighted by molar-refractivity contribution is 0.949. The van der Waals surface area contributed by atoms with Gasteiger partial charge in [-0.15, -0.1) is 0 Å². The van der Waals surface area contributed by atoms with Crippen molar-refractivity contribution in [3.05, 3.63) is 60.7 Å². The highest BCUT2D eigenvalue weighted by atomic mass is 32.7. The average Bonchev–Trinajstić information content (AvgIpc) is 2.91. The minimum Gasteiger partial charge on any atom is -0.0622 e. The third-order valence-corrected chi connectivity index (χ3v) is 11.1. The minimum absolute atomic E-state index is 1.00. The van der Waals surface area contributed by atoms with Crippen molar-refractivity contribution in [3.8, 4) is 0 Å². The molecule has 0 N–H and O–H groups in total. The molecule has 0 spiro atoms. The van der Waals surface area contributed by atoms with Gasteiger partial charge in [0.15, 0.2) is 0 Å². The molecule has 2 aromatic rings. The summed E-state index contributed by atoms with van der Waals surface area (Å²) in [4.78, 5) is 1.44. The highest BCUT2D eigenvalue weighted by molar-refractivity contribution is 8.64. The van der Waals surface area contributed by atoms with Crippen LogP contribution in [0.2, 0.25) is 0 Å². The molecule has 0 aliphatic carbocycles. The molecule has 1 aliphatic heterocycles. The van der Waals surface area contributed by atoms with Crippen molar-refractivity contribution in [2.24, 2.45) is 0 Å². The Labute approximate surface area is 114 Å².